The minimum atomic E-state index is -0.657. The van der Waals surface area contributed by atoms with Crippen molar-refractivity contribution in [1.29, 1.82) is 0 Å². The van der Waals surface area contributed by atoms with Crippen LogP contribution in [0.15, 0.2) is 59.1 Å². The van der Waals surface area contributed by atoms with Gasteiger partial charge >= 0.3 is 0 Å². The molecule has 1 aliphatic heterocycles. The molecule has 4 amide bonds. The molecule has 2 aromatic heterocycles. The molecule has 1 aromatic carbocycles. The number of hydrogen-bond donors (Lipinski definition) is 4. The smallest absolute Gasteiger partial charge is 0.270 e. The maximum Gasteiger partial charge on any atom is 0.270 e. The third-order valence-corrected chi connectivity index (χ3v) is 15.1. The van der Waals surface area contributed by atoms with Gasteiger partial charge in [-0.05, 0) is 105 Å². The van der Waals surface area contributed by atoms with Gasteiger partial charge in [-0.2, -0.15) is 0 Å². The zero-order valence-corrected chi connectivity index (χ0v) is 41.7. The molecule has 13 nitrogen and oxygen atoms in total. The molecular formula is C48H73N7O6S3. The number of carbonyl (C=O) groups excluding carboxylic acids is 4. The lowest BCUT2D eigenvalue weighted by atomic mass is 9.92. The Balaban J connectivity index is 1.49. The number of likely N-dealkylation sites (N-methyl/N-ethyl adjacent to an activating group) is 1. The third-order valence-electron chi connectivity index (χ3n) is 11.9. The molecule has 0 radical (unpaired) electrons. The Hall–Kier alpha value is -3.70. The second-order valence-corrected chi connectivity index (χ2v) is 20.7. The molecule has 0 bridgehead atoms. The number of benzene rings is 1. The van der Waals surface area contributed by atoms with Gasteiger partial charge in [0.15, 0.2) is 0 Å². The average Bonchev–Trinajstić information content (AvgIpc) is 3.79. The first-order valence-electron chi connectivity index (χ1n) is 23.2. The number of pyridine rings is 1. The van der Waals surface area contributed by atoms with Gasteiger partial charge in [-0.1, -0.05) is 90.3 Å². The molecule has 1 aliphatic rings. The fourth-order valence-corrected chi connectivity index (χ4v) is 10.7. The fraction of sp³-hybridized carbons (Fsp3) is 0.625. The van der Waals surface area contributed by atoms with E-state index < -0.39 is 24.1 Å². The van der Waals surface area contributed by atoms with Crippen LogP contribution in [0.4, 0.5) is 0 Å². The van der Waals surface area contributed by atoms with Crippen molar-refractivity contribution in [3.63, 3.8) is 0 Å². The Bertz CT molecular complexity index is 1870. The minimum absolute atomic E-state index is 0.0628. The van der Waals surface area contributed by atoms with Crippen LogP contribution >= 0.6 is 32.9 Å². The van der Waals surface area contributed by atoms with Crippen molar-refractivity contribution in [1.82, 2.24) is 35.7 Å². The molecule has 1 fully saturated rings. The highest BCUT2D eigenvalue weighted by molar-refractivity contribution is 8.76. The van der Waals surface area contributed by atoms with E-state index in [1.165, 1.54) is 11.3 Å². The summed E-state index contributed by atoms with van der Waals surface area (Å²) in [6.07, 6.45) is 7.71. The van der Waals surface area contributed by atoms with Crippen LogP contribution in [0, 0.1) is 17.8 Å². The zero-order valence-electron chi connectivity index (χ0n) is 39.2. The van der Waals surface area contributed by atoms with Crippen molar-refractivity contribution in [2.24, 2.45) is 17.8 Å². The average molecular weight is 940 g/mol. The van der Waals surface area contributed by atoms with E-state index in [0.29, 0.717) is 49.7 Å². The minimum Gasteiger partial charge on any atom is -0.508 e. The van der Waals surface area contributed by atoms with E-state index in [2.05, 4.69) is 53.5 Å². The van der Waals surface area contributed by atoms with Crippen LogP contribution in [0.1, 0.15) is 127 Å². The van der Waals surface area contributed by atoms with Crippen LogP contribution in [0.3, 0.4) is 0 Å². The van der Waals surface area contributed by atoms with E-state index in [0.717, 1.165) is 55.7 Å². The quantitative estimate of drug-likeness (QED) is 0.0429. The number of ether oxygens (including phenoxy) is 1. The first-order valence-corrected chi connectivity index (χ1v) is 26.4. The van der Waals surface area contributed by atoms with Gasteiger partial charge in [0.05, 0.1) is 6.04 Å². The van der Waals surface area contributed by atoms with Crippen LogP contribution in [-0.4, -0.2) is 112 Å². The van der Waals surface area contributed by atoms with Crippen molar-refractivity contribution < 1.29 is 29.0 Å². The van der Waals surface area contributed by atoms with Gasteiger partial charge in [0.2, 0.25) is 17.7 Å². The molecule has 0 saturated carbocycles. The molecule has 16 heteroatoms. The molecular weight excluding hydrogens is 867 g/mol. The van der Waals surface area contributed by atoms with Crippen molar-refractivity contribution in [3.05, 3.63) is 70.3 Å². The summed E-state index contributed by atoms with van der Waals surface area (Å²) >= 11 is 1.36. The normalized spacial score (nSPS) is 17.2. The summed E-state index contributed by atoms with van der Waals surface area (Å²) in [7, 11) is 5.18. The molecule has 1 saturated heterocycles. The second-order valence-electron chi connectivity index (χ2n) is 17.4. The predicted octanol–water partition coefficient (Wildman–Crippen LogP) is 8.30. The summed E-state index contributed by atoms with van der Waals surface area (Å²) in [5.74, 6) is -0.130. The van der Waals surface area contributed by atoms with Crippen LogP contribution < -0.4 is 16.0 Å². The summed E-state index contributed by atoms with van der Waals surface area (Å²) in [6.45, 7) is 16.7. The number of carbonyl (C=O) groups is 4. The number of piperidine rings is 1. The summed E-state index contributed by atoms with van der Waals surface area (Å²) in [5.41, 5.74) is 1.17. The Morgan fingerprint density at radius 3 is 2.42 bits per heavy atom. The number of aromatic hydroxyl groups is 1. The zero-order chi connectivity index (χ0) is 46.6. The number of amides is 4. The van der Waals surface area contributed by atoms with Crippen LogP contribution in [0.5, 0.6) is 5.75 Å². The second kappa shape index (κ2) is 27.7. The number of thiazole rings is 1. The van der Waals surface area contributed by atoms with Crippen molar-refractivity contribution in [3.8, 4) is 5.75 Å². The van der Waals surface area contributed by atoms with Gasteiger partial charge in [0.1, 0.15) is 33.6 Å². The molecule has 3 heterocycles. The fourth-order valence-electron chi connectivity index (χ4n) is 8.01. The molecule has 0 aliphatic carbocycles. The largest absolute Gasteiger partial charge is 0.508 e. The van der Waals surface area contributed by atoms with Gasteiger partial charge in [0, 0.05) is 61.4 Å². The molecule has 354 valence electrons. The first-order chi connectivity index (χ1) is 30.8. The Morgan fingerprint density at radius 1 is 1.00 bits per heavy atom. The Morgan fingerprint density at radius 2 is 1.77 bits per heavy atom. The van der Waals surface area contributed by atoms with Crippen molar-refractivity contribution >= 4 is 56.6 Å². The Labute approximate surface area is 393 Å². The Kier molecular flexibility index (Phi) is 22.9. The molecule has 7 atom stereocenters. The lowest BCUT2D eigenvalue weighted by molar-refractivity contribution is -0.143. The van der Waals surface area contributed by atoms with E-state index in [9.17, 15) is 24.3 Å². The maximum absolute atomic E-state index is 14.8. The SMILES string of the molecule is CCCO[C@H](C[C@H](C(C)C)N(CCC)C(=O)[C@@H](NC(=O)[C@H]1CCCCN1C)C(C)CC)c1nc(C(=O)N[C@@H](Cc2ccc(O)cc2)C[C@H](C)C(=O)NCCSSc2ccccn2)cs1. The molecule has 64 heavy (non-hydrogen) atoms. The number of nitrogens with one attached hydrogen (secondary N) is 3. The van der Waals surface area contributed by atoms with Gasteiger partial charge in [-0.3, -0.25) is 24.1 Å². The van der Waals surface area contributed by atoms with Crippen LogP contribution in [-0.2, 0) is 25.5 Å². The first kappa shape index (κ1) is 52.9. The highest BCUT2D eigenvalue weighted by atomic mass is 33.1. The van der Waals surface area contributed by atoms with Crippen molar-refractivity contribution in [2.75, 3.05) is 39.0 Å². The summed E-state index contributed by atoms with van der Waals surface area (Å²) in [4.78, 5) is 69.0. The number of likely N-dealkylation sites (tertiary alicyclic amines) is 1. The maximum atomic E-state index is 14.8. The van der Waals surface area contributed by atoms with Gasteiger partial charge < -0.3 is 30.7 Å². The van der Waals surface area contributed by atoms with Gasteiger partial charge in [-0.15, -0.1) is 11.3 Å². The van der Waals surface area contributed by atoms with Gasteiger partial charge in [-0.25, -0.2) is 9.97 Å². The topological polar surface area (TPSA) is 166 Å². The number of hydrogen-bond acceptors (Lipinski definition) is 12. The number of nitrogens with zero attached hydrogens (tertiary/aromatic N) is 4. The number of rotatable bonds is 27. The monoisotopic (exact) mass is 939 g/mol. The highest BCUT2D eigenvalue weighted by Crippen LogP contribution is 2.32. The molecule has 0 spiro atoms. The number of phenolic OH excluding ortho intramolecular Hbond substituents is 1. The third kappa shape index (κ3) is 16.6. The highest BCUT2D eigenvalue weighted by Gasteiger charge is 2.38. The van der Waals surface area contributed by atoms with Gasteiger partial charge in [0.25, 0.3) is 5.91 Å². The van der Waals surface area contributed by atoms with Crippen molar-refractivity contribution in [2.45, 2.75) is 142 Å². The van der Waals surface area contributed by atoms with Crippen LogP contribution in [0.25, 0.3) is 0 Å². The number of aromatic nitrogens is 2. The predicted molar refractivity (Wildman–Crippen MR) is 260 cm³/mol. The molecule has 4 N–H and O–H groups in total. The lowest BCUT2D eigenvalue weighted by Crippen LogP contribution is -2.58. The summed E-state index contributed by atoms with van der Waals surface area (Å²) in [5, 5.41) is 22.7. The van der Waals surface area contributed by atoms with E-state index in [1.54, 1.807) is 45.3 Å². The molecule has 1 unspecified atom stereocenters. The van der Waals surface area contributed by atoms with Crippen LogP contribution in [0.2, 0.25) is 0 Å². The standard InChI is InChI=1S/C48H73N7O6S3/c1-9-24-55(48(60)43(33(6)11-3)53-46(59)39-16-13-15-25-54(39)8)40(32(4)5)30-41(61-26-10-2)47-52-38(31-62-47)45(58)51-36(29-35-18-20-37(56)21-19-35)28-34(7)44(57)50-23-27-63-64-42-17-12-14-22-49-42/h12,14,17-22,31-34,36,39-41,43,56H,9-11,13,15-16,23-30H2,1-8H3,(H,50,57)(H,51,58)(H,53,59)/t33?,34-,36+,39+,40+,41+,43-/m0/s1. The van der Waals surface area contributed by atoms with E-state index in [1.807, 2.05) is 63.1 Å². The molecule has 3 aromatic rings. The van der Waals surface area contributed by atoms with E-state index >= 15 is 0 Å². The summed E-state index contributed by atoms with van der Waals surface area (Å²) < 4.78 is 6.49. The lowest BCUT2D eigenvalue weighted by Gasteiger charge is -2.40. The van der Waals surface area contributed by atoms with E-state index in [-0.39, 0.29) is 59.0 Å². The molecule has 4 rings (SSSR count). The van der Waals surface area contributed by atoms with E-state index in [4.69, 9.17) is 9.72 Å². The summed E-state index contributed by atoms with van der Waals surface area (Å²) in [6, 6.07) is 11.1. The number of phenols is 1.